The van der Waals surface area contributed by atoms with Gasteiger partial charge in [0.25, 0.3) is 0 Å². The lowest BCUT2D eigenvalue weighted by molar-refractivity contribution is 0.0603. The van der Waals surface area contributed by atoms with Gasteiger partial charge in [0.1, 0.15) is 10.6 Å². The molecule has 0 aliphatic carbocycles. The summed E-state index contributed by atoms with van der Waals surface area (Å²) in [6, 6.07) is 10.2. The highest BCUT2D eigenvalue weighted by Crippen LogP contribution is 2.40. The average molecular weight is 419 g/mol. The van der Waals surface area contributed by atoms with Crippen LogP contribution in [-0.4, -0.2) is 24.2 Å². The minimum atomic E-state index is -0.363. The highest BCUT2D eigenvalue weighted by atomic mass is 32.1. The van der Waals surface area contributed by atoms with E-state index in [9.17, 15) is 4.79 Å². The van der Waals surface area contributed by atoms with E-state index in [1.807, 2.05) is 37.3 Å². The average Bonchev–Trinajstić information content (AvgIpc) is 2.96. The molecule has 1 heterocycles. The molecule has 1 unspecified atom stereocenters. The van der Waals surface area contributed by atoms with Crippen LogP contribution in [0.3, 0.4) is 0 Å². The quantitative estimate of drug-likeness (QED) is 0.406. The van der Waals surface area contributed by atoms with Crippen molar-refractivity contribution in [1.82, 2.24) is 5.32 Å². The second-order valence-electron chi connectivity index (χ2n) is 7.42. The van der Waals surface area contributed by atoms with Gasteiger partial charge in [0, 0.05) is 16.5 Å². The lowest BCUT2D eigenvalue weighted by atomic mass is 10.0. The molecule has 1 atom stereocenters. The maximum Gasteiger partial charge on any atom is 0.341 e. The lowest BCUT2D eigenvalue weighted by Crippen LogP contribution is -2.36. The predicted octanol–water partition coefficient (Wildman–Crippen LogP) is 6.01. The first kappa shape index (κ1) is 22.4. The summed E-state index contributed by atoms with van der Waals surface area (Å²) < 4.78 is 5.05. The molecule has 2 rings (SSSR count). The summed E-state index contributed by atoms with van der Waals surface area (Å²) in [4.78, 5) is 13.6. The number of thiophene rings is 1. The standard InChI is InChI=1S/C22H30N2O2S2/c1-14(2)10-9-11-15(3)23-22(27)24-20-19(21(25)26-5)18(16(4)28-20)17-12-7-6-8-13-17/h6-8,12-15H,9-11H2,1-5H3,(H2,23,24,27). The molecule has 4 nitrogen and oxygen atoms in total. The van der Waals surface area contributed by atoms with Crippen LogP contribution in [0.25, 0.3) is 11.1 Å². The summed E-state index contributed by atoms with van der Waals surface area (Å²) in [7, 11) is 1.40. The van der Waals surface area contributed by atoms with Gasteiger partial charge in [-0.3, -0.25) is 0 Å². The molecule has 0 bridgehead atoms. The minimum absolute atomic E-state index is 0.273. The van der Waals surface area contributed by atoms with Gasteiger partial charge in [0.2, 0.25) is 0 Å². The number of hydrogen-bond acceptors (Lipinski definition) is 4. The normalized spacial score (nSPS) is 11.9. The molecule has 6 heteroatoms. The highest BCUT2D eigenvalue weighted by Gasteiger charge is 2.24. The van der Waals surface area contributed by atoms with Crippen LogP contribution in [0.1, 0.15) is 55.3 Å². The third-order valence-electron chi connectivity index (χ3n) is 4.56. The van der Waals surface area contributed by atoms with Crippen LogP contribution in [0, 0.1) is 12.8 Å². The molecule has 0 aliphatic rings. The molecule has 1 aromatic carbocycles. The zero-order valence-electron chi connectivity index (χ0n) is 17.3. The van der Waals surface area contributed by atoms with E-state index in [2.05, 4.69) is 31.4 Å². The molecule has 0 saturated heterocycles. The number of hydrogen-bond donors (Lipinski definition) is 2. The van der Waals surface area contributed by atoms with Crippen LogP contribution in [-0.2, 0) is 4.74 Å². The molecule has 2 aromatic rings. The largest absolute Gasteiger partial charge is 0.465 e. The maximum atomic E-state index is 12.5. The van der Waals surface area contributed by atoms with Crippen molar-refractivity contribution < 1.29 is 9.53 Å². The van der Waals surface area contributed by atoms with Crippen LogP contribution in [0.5, 0.6) is 0 Å². The Kier molecular flexibility index (Phi) is 8.45. The van der Waals surface area contributed by atoms with E-state index in [0.29, 0.717) is 16.6 Å². The number of nitrogens with one attached hydrogen (secondary N) is 2. The Balaban J connectivity index is 2.17. The second-order valence-corrected chi connectivity index (χ2v) is 9.05. The number of thiocarbonyl (C=S) groups is 1. The summed E-state index contributed by atoms with van der Waals surface area (Å²) in [5.41, 5.74) is 2.42. The Morgan fingerprint density at radius 3 is 2.46 bits per heavy atom. The lowest BCUT2D eigenvalue weighted by Gasteiger charge is -2.17. The van der Waals surface area contributed by atoms with E-state index in [1.165, 1.54) is 24.9 Å². The fourth-order valence-electron chi connectivity index (χ4n) is 3.15. The number of anilines is 1. The molecule has 2 N–H and O–H groups in total. The van der Waals surface area contributed by atoms with Crippen molar-refractivity contribution in [3.05, 3.63) is 40.8 Å². The van der Waals surface area contributed by atoms with Crippen molar-refractivity contribution in [3.63, 3.8) is 0 Å². The summed E-state index contributed by atoms with van der Waals surface area (Å²) in [5, 5.41) is 7.80. The molecule has 0 spiro atoms. The zero-order chi connectivity index (χ0) is 20.7. The van der Waals surface area contributed by atoms with Crippen molar-refractivity contribution in [1.29, 1.82) is 0 Å². The third-order valence-corrected chi connectivity index (χ3v) is 5.80. The van der Waals surface area contributed by atoms with E-state index in [1.54, 1.807) is 0 Å². The van der Waals surface area contributed by atoms with Crippen LogP contribution >= 0.6 is 23.6 Å². The van der Waals surface area contributed by atoms with Gasteiger partial charge in [-0.15, -0.1) is 11.3 Å². The molecule has 0 fully saturated rings. The Labute approximate surface area is 177 Å². The van der Waals surface area contributed by atoms with Gasteiger partial charge in [-0.1, -0.05) is 57.0 Å². The van der Waals surface area contributed by atoms with Gasteiger partial charge in [-0.2, -0.15) is 0 Å². The number of carbonyl (C=O) groups excluding carboxylic acids is 1. The number of rotatable bonds is 8. The van der Waals surface area contributed by atoms with Crippen molar-refractivity contribution in [3.8, 4) is 11.1 Å². The summed E-state index contributed by atoms with van der Waals surface area (Å²) in [6.07, 6.45) is 3.43. The molecular formula is C22H30N2O2S2. The molecular weight excluding hydrogens is 388 g/mol. The first-order valence-electron chi connectivity index (χ1n) is 9.68. The molecule has 0 saturated carbocycles. The van der Waals surface area contributed by atoms with Crippen LogP contribution < -0.4 is 10.6 Å². The first-order chi connectivity index (χ1) is 13.3. The van der Waals surface area contributed by atoms with E-state index in [-0.39, 0.29) is 12.0 Å². The van der Waals surface area contributed by atoms with Crippen molar-refractivity contribution in [2.45, 2.75) is 53.0 Å². The van der Waals surface area contributed by atoms with E-state index >= 15 is 0 Å². The predicted molar refractivity (Wildman–Crippen MR) is 123 cm³/mol. The van der Waals surface area contributed by atoms with E-state index in [4.69, 9.17) is 17.0 Å². The maximum absolute atomic E-state index is 12.5. The van der Waals surface area contributed by atoms with Crippen LogP contribution in [0.15, 0.2) is 30.3 Å². The Morgan fingerprint density at radius 2 is 1.86 bits per heavy atom. The van der Waals surface area contributed by atoms with Gasteiger partial charge in [-0.05, 0) is 44.0 Å². The Hall–Kier alpha value is -1.92. The van der Waals surface area contributed by atoms with Crippen LogP contribution in [0.2, 0.25) is 0 Å². The third kappa shape index (κ3) is 6.04. The summed E-state index contributed by atoms with van der Waals surface area (Å²) in [5.74, 6) is 0.351. The number of ether oxygens (including phenoxy) is 1. The number of benzene rings is 1. The van der Waals surface area contributed by atoms with Gasteiger partial charge in [0.15, 0.2) is 5.11 Å². The van der Waals surface area contributed by atoms with Gasteiger partial charge < -0.3 is 15.4 Å². The number of esters is 1. The minimum Gasteiger partial charge on any atom is -0.465 e. The summed E-state index contributed by atoms with van der Waals surface area (Å²) >= 11 is 7.02. The van der Waals surface area contributed by atoms with Gasteiger partial charge >= 0.3 is 5.97 Å². The highest BCUT2D eigenvalue weighted by molar-refractivity contribution is 7.80. The summed E-state index contributed by atoms with van der Waals surface area (Å²) in [6.45, 7) is 8.62. The molecule has 28 heavy (non-hydrogen) atoms. The molecule has 1 aromatic heterocycles. The van der Waals surface area contributed by atoms with Crippen LogP contribution in [0.4, 0.5) is 5.00 Å². The fraction of sp³-hybridized carbons (Fsp3) is 0.455. The second kappa shape index (κ2) is 10.6. The smallest absolute Gasteiger partial charge is 0.341 e. The van der Waals surface area contributed by atoms with Gasteiger partial charge in [-0.25, -0.2) is 4.79 Å². The Morgan fingerprint density at radius 1 is 1.18 bits per heavy atom. The van der Waals surface area contributed by atoms with Crippen molar-refractivity contribution in [2.24, 2.45) is 5.92 Å². The number of methoxy groups -OCH3 is 1. The Bertz CT molecular complexity index is 800. The monoisotopic (exact) mass is 418 g/mol. The zero-order valence-corrected chi connectivity index (χ0v) is 18.9. The number of aryl methyl sites for hydroxylation is 1. The van der Waals surface area contributed by atoms with E-state index in [0.717, 1.165) is 33.8 Å². The first-order valence-corrected chi connectivity index (χ1v) is 10.9. The molecule has 0 radical (unpaired) electrons. The molecule has 0 amide bonds. The van der Waals surface area contributed by atoms with Gasteiger partial charge in [0.05, 0.1) is 7.11 Å². The topological polar surface area (TPSA) is 50.4 Å². The fourth-order valence-corrected chi connectivity index (χ4v) is 4.59. The van der Waals surface area contributed by atoms with Crippen molar-refractivity contribution in [2.75, 3.05) is 12.4 Å². The SMILES string of the molecule is COC(=O)c1c(NC(=S)NC(C)CCCC(C)C)sc(C)c1-c1ccccc1. The van der Waals surface area contributed by atoms with Crippen molar-refractivity contribution >= 4 is 39.6 Å². The van der Waals surface area contributed by atoms with E-state index < -0.39 is 0 Å². The molecule has 0 aliphatic heterocycles. The molecule has 152 valence electrons. The number of carbonyl (C=O) groups is 1.